The molecule has 8 rings (SSSR count). The first-order valence-electron chi connectivity index (χ1n) is 26.1. The fourth-order valence-corrected chi connectivity index (χ4v) is 8.80. The van der Waals surface area contributed by atoms with Gasteiger partial charge in [-0.15, -0.1) is 0 Å². The second-order valence-corrected chi connectivity index (χ2v) is 22.5. The number of Topliss-reactive ketones (excluding diaryl/α,β-unsaturated/α-hetero) is 2. The minimum atomic E-state index is -0.786. The van der Waals surface area contributed by atoms with Crippen molar-refractivity contribution in [2.75, 3.05) is 18.4 Å². The van der Waals surface area contributed by atoms with E-state index in [1.54, 1.807) is 93.3 Å². The van der Waals surface area contributed by atoms with Gasteiger partial charge in [-0.25, -0.2) is 13.6 Å². The van der Waals surface area contributed by atoms with Crippen LogP contribution in [0.2, 0.25) is 10.0 Å². The van der Waals surface area contributed by atoms with Crippen LogP contribution in [0.3, 0.4) is 0 Å². The van der Waals surface area contributed by atoms with Gasteiger partial charge in [-0.3, -0.25) is 38.9 Å². The molecule has 6 amide bonds. The number of nitrogens with zero attached hydrogens (tertiary/aromatic N) is 7. The van der Waals surface area contributed by atoms with Gasteiger partial charge in [-0.1, -0.05) is 47.5 Å². The van der Waals surface area contributed by atoms with Crippen LogP contribution in [0.1, 0.15) is 123 Å². The first-order valence-corrected chi connectivity index (χ1v) is 26.8. The van der Waals surface area contributed by atoms with Gasteiger partial charge in [0.05, 0.1) is 28.7 Å². The van der Waals surface area contributed by atoms with E-state index in [1.165, 1.54) is 66.2 Å². The molecule has 6 aromatic rings. The highest BCUT2D eigenvalue weighted by Gasteiger charge is 2.36. The van der Waals surface area contributed by atoms with Gasteiger partial charge in [0.1, 0.15) is 30.3 Å². The van der Waals surface area contributed by atoms with Crippen molar-refractivity contribution < 1.29 is 57.0 Å². The van der Waals surface area contributed by atoms with Crippen LogP contribution in [0.25, 0.3) is 32.2 Å². The molecule has 0 saturated heterocycles. The summed E-state index contributed by atoms with van der Waals surface area (Å²) < 4.78 is 36.8. The molecule has 2 aliphatic rings. The van der Waals surface area contributed by atoms with E-state index in [1.807, 2.05) is 0 Å². The molecule has 2 aromatic heterocycles. The third-order valence-electron chi connectivity index (χ3n) is 12.4. The number of hydrogen-bond acceptors (Lipinski definition) is 10. The van der Waals surface area contributed by atoms with Crippen LogP contribution in [0.4, 0.5) is 19.3 Å². The number of nitrogens with one attached hydrogen (secondary N) is 3. The Morgan fingerprint density at radius 3 is 1.52 bits per heavy atom. The zero-order valence-corrected chi connectivity index (χ0v) is 48.1. The Morgan fingerprint density at radius 2 is 1.12 bits per heavy atom. The molecular formula is C58H64Cl2F2N10O10. The number of hydrogen-bond donors (Lipinski definition) is 4. The van der Waals surface area contributed by atoms with Crippen LogP contribution in [0.5, 0.6) is 0 Å². The second kappa shape index (κ2) is 27.1. The molecule has 2 saturated carbocycles. The van der Waals surface area contributed by atoms with Gasteiger partial charge in [0.25, 0.3) is 0 Å². The molecule has 0 bridgehead atoms. The summed E-state index contributed by atoms with van der Waals surface area (Å²) >= 11 is 11.6. The van der Waals surface area contributed by atoms with Crippen molar-refractivity contribution in [3.05, 3.63) is 145 Å². The molecule has 20 nitrogen and oxygen atoms in total. The van der Waals surface area contributed by atoms with Gasteiger partial charge < -0.3 is 39.4 Å². The first-order chi connectivity index (χ1) is 38.5. The van der Waals surface area contributed by atoms with Gasteiger partial charge in [-0.2, -0.15) is 0 Å². The molecule has 0 atom stereocenters. The Labute approximate surface area is 481 Å². The summed E-state index contributed by atoms with van der Waals surface area (Å²) in [5, 5.41) is 20.5. The monoisotopic (exact) mass is 1170 g/mol. The predicted octanol–water partition coefficient (Wildman–Crippen LogP) is 10.5. The van der Waals surface area contributed by atoms with Crippen LogP contribution in [-0.4, -0.2) is 108 Å². The number of fused-ring (bicyclic) bond motifs is 2. The summed E-state index contributed by atoms with van der Waals surface area (Å²) in [6, 6.07) is 18.4. The van der Waals surface area contributed by atoms with Gasteiger partial charge in [-0.05, 0) is 140 Å². The standard InChI is InChI=1S/C29H32ClFN4O5.C25H22ClFN6O4.C4H10O/c1-17(36)22-14-34(24-11-8-19(12-21(22)24)33-28(39)40-29(2,3)4)16-26(38)35(20-9-10-20)15-25(37)32-13-18-6-5-7-23(30)27(18)31;1-14(34)19-11-32(21-8-5-15(9-18(19)21)25(37)30-31-28)13-23(36)33(17-6-7-17)12-22(35)29-10-16-3-2-4-20(26)24(16)27;1-4(2,3)5/h5-8,11-12,14,20H,9-10,13,15-16H2,1-4H3,(H,32,37)(H,33,39);2-5,8-9,11,17H,6-7,10,12-13H2,1H3,(H,29,35);5H,1-3H3. The van der Waals surface area contributed by atoms with Crippen LogP contribution in [0, 0.1) is 11.6 Å². The zero-order chi connectivity index (χ0) is 60.4. The smallest absolute Gasteiger partial charge is 0.412 e. The van der Waals surface area contributed by atoms with Gasteiger partial charge in [0.15, 0.2) is 11.6 Å². The molecular weight excluding hydrogens is 1110 g/mol. The number of ketones is 2. The fraction of sp³-hybridized carbons (Fsp3) is 0.379. The third kappa shape index (κ3) is 17.9. The van der Waals surface area contributed by atoms with E-state index in [0.29, 0.717) is 38.6 Å². The van der Waals surface area contributed by atoms with E-state index in [9.17, 15) is 47.1 Å². The Balaban J connectivity index is 0.000000244. The average molecular weight is 1170 g/mol. The maximum atomic E-state index is 14.2. The summed E-state index contributed by atoms with van der Waals surface area (Å²) in [4.78, 5) is 106. The third-order valence-corrected chi connectivity index (χ3v) is 13.0. The van der Waals surface area contributed by atoms with Crippen molar-refractivity contribution in [1.82, 2.24) is 29.6 Å². The van der Waals surface area contributed by atoms with E-state index >= 15 is 0 Å². The van der Waals surface area contributed by atoms with E-state index in [-0.39, 0.29) is 101 Å². The Bertz CT molecular complexity index is 3490. The number of aliphatic hydroxyl groups is 1. The lowest BCUT2D eigenvalue weighted by atomic mass is 10.1. The maximum absolute atomic E-state index is 14.2. The van der Waals surface area contributed by atoms with E-state index in [0.717, 1.165) is 25.7 Å². The van der Waals surface area contributed by atoms with Crippen molar-refractivity contribution in [2.45, 2.75) is 131 Å². The molecule has 24 heteroatoms. The largest absolute Gasteiger partial charge is 0.444 e. The highest BCUT2D eigenvalue weighted by atomic mass is 35.5. The van der Waals surface area contributed by atoms with Crippen LogP contribution in [-0.2, 0) is 50.1 Å². The summed E-state index contributed by atoms with van der Waals surface area (Å²) in [5.41, 5.74) is 10.3. The molecule has 0 spiro atoms. The van der Waals surface area contributed by atoms with Crippen LogP contribution in [0.15, 0.2) is 90.3 Å². The molecule has 2 heterocycles. The summed E-state index contributed by atoms with van der Waals surface area (Å²) in [5.74, 6) is -3.92. The fourth-order valence-electron chi connectivity index (χ4n) is 8.41. The summed E-state index contributed by atoms with van der Waals surface area (Å²) in [6.45, 7) is 12.6. The minimum absolute atomic E-state index is 0.0295. The normalized spacial score (nSPS) is 12.8. The predicted molar refractivity (Wildman–Crippen MR) is 305 cm³/mol. The van der Waals surface area contributed by atoms with Gasteiger partial charge in [0.2, 0.25) is 29.5 Å². The lowest BCUT2D eigenvalue weighted by molar-refractivity contribution is -0.137. The molecule has 0 aliphatic heterocycles. The Hall–Kier alpha value is -8.17. The van der Waals surface area contributed by atoms with E-state index < -0.39 is 46.7 Å². The lowest BCUT2D eigenvalue weighted by Gasteiger charge is -2.22. The number of carbonyl (C=O) groups excluding carboxylic acids is 8. The van der Waals surface area contributed by atoms with Crippen molar-refractivity contribution in [2.24, 2.45) is 5.11 Å². The molecule has 4 aromatic carbocycles. The molecule has 434 valence electrons. The number of amides is 6. The molecule has 0 unspecified atom stereocenters. The highest BCUT2D eigenvalue weighted by molar-refractivity contribution is 6.31. The highest BCUT2D eigenvalue weighted by Crippen LogP contribution is 2.31. The van der Waals surface area contributed by atoms with Crippen LogP contribution < -0.4 is 16.0 Å². The number of halogens is 4. The Morgan fingerprint density at radius 1 is 0.695 bits per heavy atom. The number of azide groups is 1. The number of aromatic nitrogens is 2. The summed E-state index contributed by atoms with van der Waals surface area (Å²) in [6.07, 6.45) is 5.60. The van der Waals surface area contributed by atoms with E-state index in [4.69, 9.17) is 38.6 Å². The molecule has 0 radical (unpaired) electrons. The number of anilines is 1. The quantitative estimate of drug-likeness (QED) is 0.0274. The number of carbonyl (C=O) groups is 8. The molecule has 4 N–H and O–H groups in total. The maximum Gasteiger partial charge on any atom is 0.412 e. The number of ether oxygens (including phenoxy) is 1. The average Bonchev–Trinajstić information content (AvgIpc) is 4.35. The van der Waals surface area contributed by atoms with Crippen molar-refractivity contribution in [1.29, 1.82) is 0 Å². The Kier molecular flexibility index (Phi) is 20.8. The second-order valence-electron chi connectivity index (χ2n) is 21.7. The lowest BCUT2D eigenvalue weighted by Crippen LogP contribution is -2.43. The van der Waals surface area contributed by atoms with Gasteiger partial charge >= 0.3 is 6.09 Å². The summed E-state index contributed by atoms with van der Waals surface area (Å²) in [7, 11) is 0. The van der Waals surface area contributed by atoms with Gasteiger partial charge in [0, 0.05) is 97.8 Å². The number of rotatable bonds is 18. The van der Waals surface area contributed by atoms with Crippen molar-refractivity contribution >= 4 is 97.9 Å². The number of benzene rings is 4. The topological polar surface area (TPSA) is 267 Å². The molecule has 82 heavy (non-hydrogen) atoms. The first kappa shape index (κ1) is 63.0. The zero-order valence-electron chi connectivity index (χ0n) is 46.6. The van der Waals surface area contributed by atoms with Crippen LogP contribution >= 0.6 is 23.2 Å². The van der Waals surface area contributed by atoms with Crippen molar-refractivity contribution in [3.63, 3.8) is 0 Å². The van der Waals surface area contributed by atoms with E-state index in [2.05, 4.69) is 26.0 Å². The molecule has 2 fully saturated rings. The SMILES string of the molecule is CC(=O)c1cn(CC(=O)N(CC(=O)NCc2cccc(Cl)c2F)C2CC2)c2ccc(C(=O)N=[N+]=[N-])cc12.CC(=O)c1cn(CC(=O)N(CC(=O)NCc2cccc(Cl)c2F)C2CC2)c2ccc(NC(=O)OC(C)(C)C)cc12.CC(C)(C)O. The van der Waals surface area contributed by atoms with Crippen molar-refractivity contribution in [3.8, 4) is 0 Å². The minimum Gasteiger partial charge on any atom is -0.444 e. The molecule has 2 aliphatic carbocycles.